The van der Waals surface area contributed by atoms with Crippen LogP contribution in [0.3, 0.4) is 0 Å². The molecule has 0 bridgehead atoms. The Hall–Kier alpha value is -5.81. The minimum absolute atomic E-state index is 0.0199. The minimum Gasteiger partial charge on any atom is -0.380 e. The number of hydrogen-bond acceptors (Lipinski definition) is 14. The Morgan fingerprint density at radius 1 is 0.825 bits per heavy atom. The summed E-state index contributed by atoms with van der Waals surface area (Å²) in [6.45, 7) is 12.4. The van der Waals surface area contributed by atoms with Crippen LogP contribution in [0.2, 0.25) is 5.02 Å². The fourth-order valence-electron chi connectivity index (χ4n) is 10.9. The lowest BCUT2D eigenvalue weighted by Crippen LogP contribution is -2.47. The van der Waals surface area contributed by atoms with Gasteiger partial charge in [-0.05, 0) is 133 Å². The van der Waals surface area contributed by atoms with Gasteiger partial charge >= 0.3 is 5.51 Å². The Morgan fingerprint density at radius 2 is 1.50 bits per heavy atom. The van der Waals surface area contributed by atoms with Gasteiger partial charge < -0.3 is 15.1 Å². The monoisotopic (exact) mass is 1170 g/mol. The van der Waals surface area contributed by atoms with Gasteiger partial charge in [-0.15, -0.1) is 11.8 Å². The lowest BCUT2D eigenvalue weighted by molar-refractivity contribution is -0.134. The molecule has 3 fully saturated rings. The van der Waals surface area contributed by atoms with Crippen LogP contribution in [-0.2, 0) is 36.0 Å². The van der Waals surface area contributed by atoms with Crippen molar-refractivity contribution in [1.82, 2.24) is 29.7 Å². The molecule has 3 aliphatic heterocycles. The number of nitrogens with one attached hydrogen (secondary N) is 3. The minimum atomic E-state index is -6.13. The molecular weight excluding hydrogens is 1110 g/mol. The molecule has 1 aromatic heterocycles. The molecule has 80 heavy (non-hydrogen) atoms. The van der Waals surface area contributed by atoms with Gasteiger partial charge in [-0.25, -0.2) is 21.6 Å². The lowest BCUT2D eigenvalue weighted by Gasteiger charge is -2.39. The molecule has 3 amide bonds. The normalized spacial score (nSPS) is 19.4. The molecule has 0 saturated carbocycles. The first kappa shape index (κ1) is 58.8. The number of aromatic nitrogens is 1. The highest BCUT2D eigenvalue weighted by Crippen LogP contribution is 2.43. The van der Waals surface area contributed by atoms with Gasteiger partial charge in [0.25, 0.3) is 25.8 Å². The number of sulfone groups is 1. The van der Waals surface area contributed by atoms with Crippen LogP contribution >= 0.6 is 23.4 Å². The number of alkyl halides is 3. The number of benzene rings is 4. The lowest BCUT2D eigenvalue weighted by atomic mass is 9.73. The number of halogens is 4. The Balaban J connectivity index is 0.833. The number of nitrogens with zero attached hydrogens (tertiary/aromatic N) is 5. The number of pyridine rings is 1. The van der Waals surface area contributed by atoms with E-state index in [0.717, 1.165) is 80.3 Å². The number of allylic oxidation sites excluding steroid dienone is 1. The third-order valence-corrected chi connectivity index (χ3v) is 19.7. The fraction of sp³-hybridized carbons (Fsp3) is 0.414. The molecule has 0 spiro atoms. The van der Waals surface area contributed by atoms with Crippen molar-refractivity contribution in [2.75, 3.05) is 81.4 Å². The summed E-state index contributed by atoms with van der Waals surface area (Å²) >= 11 is 7.64. The van der Waals surface area contributed by atoms with Gasteiger partial charge in [-0.2, -0.15) is 13.2 Å². The largest absolute Gasteiger partial charge is 0.501 e. The third-order valence-electron chi connectivity index (χ3n) is 15.4. The molecule has 3 saturated heterocycles. The molecule has 15 nitrogen and oxygen atoms in total. The van der Waals surface area contributed by atoms with Gasteiger partial charge in [0, 0.05) is 118 Å². The van der Waals surface area contributed by atoms with Crippen molar-refractivity contribution in [2.24, 2.45) is 5.41 Å². The summed E-state index contributed by atoms with van der Waals surface area (Å²) in [4.78, 5) is 50.0. The number of piperidine rings is 1. The van der Waals surface area contributed by atoms with E-state index in [4.69, 9.17) is 11.6 Å². The maximum absolute atomic E-state index is 14.5. The molecule has 3 N–H and O–H groups in total. The molecular formula is C58H66ClF3N8O7S3. The highest BCUT2D eigenvalue weighted by Gasteiger charge is 2.48. The number of rotatable bonds is 19. The quantitative estimate of drug-likeness (QED) is 0.0526. The third kappa shape index (κ3) is 14.8. The van der Waals surface area contributed by atoms with E-state index in [-0.39, 0.29) is 29.2 Å². The Kier molecular flexibility index (Phi) is 18.5. The number of piperazine rings is 2. The summed E-state index contributed by atoms with van der Waals surface area (Å²) in [6, 6.07) is 29.4. The van der Waals surface area contributed by atoms with E-state index in [2.05, 4.69) is 61.2 Å². The molecule has 1 aliphatic carbocycles. The van der Waals surface area contributed by atoms with Gasteiger partial charge in [-0.3, -0.25) is 34.5 Å². The summed E-state index contributed by atoms with van der Waals surface area (Å²) in [5.74, 6) is -1.86. The van der Waals surface area contributed by atoms with Crippen molar-refractivity contribution in [3.05, 3.63) is 148 Å². The first-order valence-corrected chi connectivity index (χ1v) is 31.2. The van der Waals surface area contributed by atoms with E-state index in [1.165, 1.54) is 40.6 Å². The average molecular weight is 1180 g/mol. The second-order valence-corrected chi connectivity index (χ2v) is 26.9. The van der Waals surface area contributed by atoms with Gasteiger partial charge in [0.05, 0.1) is 22.2 Å². The van der Waals surface area contributed by atoms with Crippen LogP contribution in [0.5, 0.6) is 0 Å². The molecule has 9 rings (SSSR count). The summed E-state index contributed by atoms with van der Waals surface area (Å²) in [6.07, 6.45) is 5.82. The average Bonchev–Trinajstić information content (AvgIpc) is 3.43. The predicted octanol–water partition coefficient (Wildman–Crippen LogP) is 9.23. The summed E-state index contributed by atoms with van der Waals surface area (Å²) in [7, 11) is -11.0. The zero-order valence-electron chi connectivity index (χ0n) is 44.7. The van der Waals surface area contributed by atoms with Gasteiger partial charge in [0.2, 0.25) is 11.8 Å². The Bertz CT molecular complexity index is 3300. The number of amides is 3. The van der Waals surface area contributed by atoms with E-state index < -0.39 is 58.7 Å². The van der Waals surface area contributed by atoms with Gasteiger partial charge in [-0.1, -0.05) is 61.4 Å². The Morgan fingerprint density at radius 3 is 2.19 bits per heavy atom. The molecule has 426 valence electrons. The molecule has 4 heterocycles. The van der Waals surface area contributed by atoms with E-state index in [0.29, 0.717) is 74.6 Å². The van der Waals surface area contributed by atoms with Gasteiger partial charge in [0.1, 0.15) is 4.90 Å². The highest BCUT2D eigenvalue weighted by molar-refractivity contribution is 7.99. The zero-order chi connectivity index (χ0) is 56.8. The van der Waals surface area contributed by atoms with Crippen molar-refractivity contribution in [3.63, 3.8) is 0 Å². The van der Waals surface area contributed by atoms with Gasteiger partial charge in [0.15, 0.2) is 0 Å². The van der Waals surface area contributed by atoms with Crippen LogP contribution in [0.15, 0.2) is 136 Å². The summed E-state index contributed by atoms with van der Waals surface area (Å²) < 4.78 is 99.5. The number of anilines is 2. The topological polar surface area (TPSA) is 181 Å². The smallest absolute Gasteiger partial charge is 0.380 e. The number of sulfonamides is 1. The second-order valence-electron chi connectivity index (χ2n) is 21.7. The van der Waals surface area contributed by atoms with E-state index in [1.807, 2.05) is 59.3 Å². The highest BCUT2D eigenvalue weighted by atomic mass is 35.5. The molecule has 22 heteroatoms. The molecule has 0 radical (unpaired) electrons. The van der Waals surface area contributed by atoms with Crippen LogP contribution in [0.1, 0.15) is 85.5 Å². The number of carbonyl (C=O) groups excluding carboxylic acids is 3. The number of imide groups is 1. The molecule has 4 aliphatic rings. The first-order valence-electron chi connectivity index (χ1n) is 26.8. The van der Waals surface area contributed by atoms with Crippen LogP contribution in [0.25, 0.3) is 5.57 Å². The maximum atomic E-state index is 14.5. The fourth-order valence-corrected chi connectivity index (χ4v) is 14.0. The predicted molar refractivity (Wildman–Crippen MR) is 306 cm³/mol. The molecule has 1 unspecified atom stereocenters. The molecule has 4 aromatic carbocycles. The summed E-state index contributed by atoms with van der Waals surface area (Å²) in [5, 5.41) is 6.13. The second kappa shape index (κ2) is 25.1. The van der Waals surface area contributed by atoms with Crippen molar-refractivity contribution in [2.45, 2.75) is 91.1 Å². The van der Waals surface area contributed by atoms with Crippen LogP contribution < -0.4 is 20.3 Å². The summed E-state index contributed by atoms with van der Waals surface area (Å²) in [5.41, 5.74) is 0.422. The van der Waals surface area contributed by atoms with E-state index >= 15 is 0 Å². The maximum Gasteiger partial charge on any atom is 0.501 e. The van der Waals surface area contributed by atoms with Crippen molar-refractivity contribution in [3.8, 4) is 0 Å². The van der Waals surface area contributed by atoms with Crippen molar-refractivity contribution < 1.29 is 44.4 Å². The van der Waals surface area contributed by atoms with Crippen LogP contribution in [0, 0.1) is 5.41 Å². The standard InChI is InChI=1S/C58H66ClF3N8O7S3/c1-57(2)23-20-49(41-8-12-44(59)13-9-41)43(36-57)38-69-30-32-70(33-31-69)46-14-10-42(11-15-46)55(72)66-80(76,77)48-16-18-51(53(35-48)79(74,75)58(60,61)62)64-45(39-78-47-6-4-3-5-7-47)22-25-67-26-28-68(29-27-67)37-40-21-24-63-52(34-40)50-17-19-54(71)65-56(50)73/h3-16,18,21,24,34-35,45,50,64H,17,19-20,22-23,25-33,36-39H2,1-2H3,(H,66,72)(H,65,71,73)/t45-,50?/m1/s1. The first-order chi connectivity index (χ1) is 38.1. The zero-order valence-corrected chi connectivity index (χ0v) is 47.9. The number of thioether (sulfide) groups is 1. The van der Waals surface area contributed by atoms with E-state index in [9.17, 15) is 44.4 Å². The number of hydrogen-bond donors (Lipinski definition) is 3. The molecule has 5 aromatic rings. The van der Waals surface area contributed by atoms with Crippen molar-refractivity contribution >= 4 is 77.9 Å². The Labute approximate surface area is 475 Å². The SMILES string of the molecule is CC1(C)CCC(c2ccc(Cl)cc2)=C(CN2CCN(c3ccc(C(=O)NS(=O)(=O)c4ccc(N[C@H](CCN5CCN(Cc6ccnc(C7CCC(=O)NC7=O)c6)CC5)CSc5ccccc5)c(S(=O)(=O)C(F)(F)F)c4)cc3)CC2)C1. The molecule has 2 atom stereocenters. The van der Waals surface area contributed by atoms with Crippen LogP contribution in [0.4, 0.5) is 24.5 Å². The van der Waals surface area contributed by atoms with E-state index in [1.54, 1.807) is 18.3 Å². The van der Waals surface area contributed by atoms with Crippen LogP contribution in [-0.4, -0.2) is 137 Å². The number of carbonyl (C=O) groups is 3. The van der Waals surface area contributed by atoms with Crippen molar-refractivity contribution in [1.29, 1.82) is 0 Å².